The summed E-state index contributed by atoms with van der Waals surface area (Å²) in [6.07, 6.45) is 68.9. The Morgan fingerprint density at radius 2 is 0.701 bits per heavy atom. The van der Waals surface area contributed by atoms with E-state index >= 15 is 0 Å². The van der Waals surface area contributed by atoms with Gasteiger partial charge in [-0.15, -0.1) is 0 Å². The van der Waals surface area contributed by atoms with E-state index in [1.807, 2.05) is 0 Å². The summed E-state index contributed by atoms with van der Waals surface area (Å²) in [6.45, 7) is 4.95. The topological polar surface area (TPSA) is 95.9 Å². The van der Waals surface area contributed by atoms with E-state index in [0.717, 1.165) is 44.9 Å². The molecule has 396 valence electrons. The second-order valence-electron chi connectivity index (χ2n) is 20.7. The zero-order valence-electron chi connectivity index (χ0n) is 45.1. The molecule has 0 saturated carbocycles. The van der Waals surface area contributed by atoms with Gasteiger partial charge in [0.05, 0.1) is 25.4 Å². The third-order valence-electron chi connectivity index (χ3n) is 14.0. The van der Waals surface area contributed by atoms with E-state index in [9.17, 15) is 19.8 Å². The quantitative estimate of drug-likeness (QED) is 0.0321. The van der Waals surface area contributed by atoms with Gasteiger partial charge in [-0.1, -0.05) is 263 Å². The lowest BCUT2D eigenvalue weighted by atomic mass is 10.0. The molecule has 0 spiro atoms. The van der Waals surface area contributed by atoms with Crippen molar-refractivity contribution in [2.45, 2.75) is 341 Å². The fraction of sp³-hybridized carbons (Fsp3) is 0.902. The van der Waals surface area contributed by atoms with Crippen molar-refractivity contribution in [3.63, 3.8) is 0 Å². The second-order valence-corrected chi connectivity index (χ2v) is 20.7. The number of amides is 1. The Morgan fingerprint density at radius 3 is 1.06 bits per heavy atom. The zero-order chi connectivity index (χ0) is 48.6. The maximum Gasteiger partial charge on any atom is 0.305 e. The van der Waals surface area contributed by atoms with Gasteiger partial charge < -0.3 is 20.3 Å². The Kier molecular flexibility index (Phi) is 55.5. The lowest BCUT2D eigenvalue weighted by Gasteiger charge is -2.22. The summed E-state index contributed by atoms with van der Waals surface area (Å²) in [5.41, 5.74) is 0. The molecule has 3 N–H and O–H groups in total. The van der Waals surface area contributed by atoms with Crippen LogP contribution in [-0.2, 0) is 14.3 Å². The fourth-order valence-electron chi connectivity index (χ4n) is 9.34. The largest absolute Gasteiger partial charge is 0.466 e. The molecule has 0 aromatic rings. The summed E-state index contributed by atoms with van der Waals surface area (Å²) < 4.78 is 5.49. The molecule has 0 aliphatic rings. The van der Waals surface area contributed by atoms with Crippen LogP contribution in [0.4, 0.5) is 0 Å². The molecule has 0 rings (SSSR count). The molecule has 1 amide bonds. The minimum absolute atomic E-state index is 0.00356. The van der Waals surface area contributed by atoms with Crippen LogP contribution < -0.4 is 5.32 Å². The minimum Gasteiger partial charge on any atom is -0.466 e. The summed E-state index contributed by atoms with van der Waals surface area (Å²) >= 11 is 0. The van der Waals surface area contributed by atoms with E-state index in [1.54, 1.807) is 0 Å². The van der Waals surface area contributed by atoms with Crippen LogP contribution in [0.15, 0.2) is 24.3 Å². The van der Waals surface area contributed by atoms with Crippen LogP contribution in [0.5, 0.6) is 0 Å². The SMILES string of the molecule is CCCCCCCCC/C=C\CCCCCCCCCC(=O)OCCCCCCCCCCC/C=C\CCCCCCCCCC(=O)NC(CO)C(O)CCCCCCCCCCCCCC. The number of rotatable bonds is 56. The van der Waals surface area contributed by atoms with Crippen LogP contribution >= 0.6 is 0 Å². The maximum absolute atomic E-state index is 12.4. The van der Waals surface area contributed by atoms with E-state index in [0.29, 0.717) is 25.9 Å². The number of hydrogen-bond donors (Lipinski definition) is 3. The molecule has 6 nitrogen and oxygen atoms in total. The zero-order valence-corrected chi connectivity index (χ0v) is 45.1. The smallest absolute Gasteiger partial charge is 0.305 e. The lowest BCUT2D eigenvalue weighted by molar-refractivity contribution is -0.143. The van der Waals surface area contributed by atoms with E-state index in [-0.39, 0.29) is 18.5 Å². The van der Waals surface area contributed by atoms with Crippen molar-refractivity contribution in [3.8, 4) is 0 Å². The average molecular weight is 945 g/mol. The number of aliphatic hydroxyl groups is 2. The summed E-state index contributed by atoms with van der Waals surface area (Å²) in [6, 6.07) is -0.547. The molecule has 0 bridgehead atoms. The Balaban J connectivity index is 3.40. The van der Waals surface area contributed by atoms with Gasteiger partial charge in [0, 0.05) is 12.8 Å². The molecule has 0 aromatic heterocycles. The van der Waals surface area contributed by atoms with Gasteiger partial charge in [0.2, 0.25) is 5.91 Å². The number of carbonyl (C=O) groups is 2. The molecular formula is C61H117NO5. The highest BCUT2D eigenvalue weighted by atomic mass is 16.5. The first kappa shape index (κ1) is 65.3. The van der Waals surface area contributed by atoms with E-state index < -0.39 is 12.1 Å². The second kappa shape index (κ2) is 56.9. The van der Waals surface area contributed by atoms with Gasteiger partial charge in [0.1, 0.15) is 0 Å². The molecule has 67 heavy (non-hydrogen) atoms. The number of hydrogen-bond acceptors (Lipinski definition) is 5. The van der Waals surface area contributed by atoms with Gasteiger partial charge in [0.15, 0.2) is 0 Å². The predicted molar refractivity (Wildman–Crippen MR) is 292 cm³/mol. The lowest BCUT2D eigenvalue weighted by Crippen LogP contribution is -2.45. The molecule has 0 fully saturated rings. The molecule has 2 unspecified atom stereocenters. The van der Waals surface area contributed by atoms with Crippen molar-refractivity contribution in [1.29, 1.82) is 0 Å². The van der Waals surface area contributed by atoms with Crippen molar-refractivity contribution in [2.24, 2.45) is 0 Å². The highest BCUT2D eigenvalue weighted by Crippen LogP contribution is 2.17. The van der Waals surface area contributed by atoms with Crippen LogP contribution in [0, 0.1) is 0 Å². The fourth-order valence-corrected chi connectivity index (χ4v) is 9.34. The van der Waals surface area contributed by atoms with Gasteiger partial charge in [-0.05, 0) is 77.0 Å². The average Bonchev–Trinajstić information content (AvgIpc) is 3.33. The highest BCUT2D eigenvalue weighted by molar-refractivity contribution is 5.76. The van der Waals surface area contributed by atoms with Crippen molar-refractivity contribution in [2.75, 3.05) is 13.2 Å². The number of carbonyl (C=O) groups excluding carboxylic acids is 2. The Bertz CT molecular complexity index is 1040. The van der Waals surface area contributed by atoms with Crippen LogP contribution in [0.1, 0.15) is 328 Å². The maximum atomic E-state index is 12.4. The van der Waals surface area contributed by atoms with Crippen molar-refractivity contribution in [3.05, 3.63) is 24.3 Å². The van der Waals surface area contributed by atoms with Crippen molar-refractivity contribution < 1.29 is 24.5 Å². The Labute approximate surface area is 418 Å². The molecule has 0 radical (unpaired) electrons. The summed E-state index contributed by atoms with van der Waals surface area (Å²) in [4.78, 5) is 24.5. The van der Waals surface area contributed by atoms with E-state index in [4.69, 9.17) is 4.74 Å². The van der Waals surface area contributed by atoms with E-state index in [2.05, 4.69) is 43.5 Å². The molecule has 0 saturated heterocycles. The minimum atomic E-state index is -0.668. The molecule has 2 atom stereocenters. The standard InChI is InChI=1S/C61H117NO5/c1-3-5-7-9-11-13-15-17-18-19-25-28-31-35-39-43-47-51-55-61(66)67-56-52-48-44-40-36-32-29-26-23-21-20-22-24-27-30-34-38-42-46-50-54-60(65)62-58(57-63)59(64)53-49-45-41-37-33-16-14-12-10-8-6-4-2/h18-20,22,58-59,63-64H,3-17,21,23-57H2,1-2H3,(H,62,65)/b19-18-,22-20-. The summed E-state index contributed by atoms with van der Waals surface area (Å²) in [5.74, 6) is -0.0399. The molecule has 0 aliphatic carbocycles. The van der Waals surface area contributed by atoms with Crippen LogP contribution in [0.25, 0.3) is 0 Å². The first-order chi connectivity index (χ1) is 33.0. The number of ether oxygens (including phenoxy) is 1. The van der Waals surface area contributed by atoms with Gasteiger partial charge in [-0.25, -0.2) is 0 Å². The number of aliphatic hydroxyl groups excluding tert-OH is 2. The number of esters is 1. The number of nitrogens with one attached hydrogen (secondary N) is 1. The van der Waals surface area contributed by atoms with E-state index in [1.165, 1.54) is 250 Å². The van der Waals surface area contributed by atoms with Gasteiger partial charge in [-0.3, -0.25) is 9.59 Å². The normalized spacial score (nSPS) is 12.7. The summed E-state index contributed by atoms with van der Waals surface area (Å²) in [7, 11) is 0. The Hall–Kier alpha value is -1.66. The first-order valence-electron chi connectivity index (χ1n) is 30.1. The third-order valence-corrected chi connectivity index (χ3v) is 14.0. The first-order valence-corrected chi connectivity index (χ1v) is 30.1. The number of unbranched alkanes of at least 4 members (excludes halogenated alkanes) is 41. The van der Waals surface area contributed by atoms with Crippen LogP contribution in [0.2, 0.25) is 0 Å². The summed E-state index contributed by atoms with van der Waals surface area (Å²) in [5, 5.41) is 23.2. The molecule has 0 aliphatic heterocycles. The van der Waals surface area contributed by atoms with Crippen LogP contribution in [0.3, 0.4) is 0 Å². The number of allylic oxidation sites excluding steroid dienone is 4. The van der Waals surface area contributed by atoms with Crippen molar-refractivity contribution in [1.82, 2.24) is 5.32 Å². The van der Waals surface area contributed by atoms with Crippen LogP contribution in [-0.4, -0.2) is 47.4 Å². The molecule has 6 heteroatoms. The Morgan fingerprint density at radius 1 is 0.403 bits per heavy atom. The van der Waals surface area contributed by atoms with Gasteiger partial charge in [-0.2, -0.15) is 0 Å². The van der Waals surface area contributed by atoms with Gasteiger partial charge >= 0.3 is 5.97 Å². The third kappa shape index (κ3) is 53.5. The predicted octanol–water partition coefficient (Wildman–Crippen LogP) is 18.6. The molecular weight excluding hydrogens is 827 g/mol. The monoisotopic (exact) mass is 944 g/mol. The highest BCUT2D eigenvalue weighted by Gasteiger charge is 2.20. The van der Waals surface area contributed by atoms with Gasteiger partial charge in [0.25, 0.3) is 0 Å². The molecule has 0 aromatic carbocycles. The van der Waals surface area contributed by atoms with Crippen molar-refractivity contribution >= 4 is 11.9 Å². The molecule has 0 heterocycles.